The summed E-state index contributed by atoms with van der Waals surface area (Å²) in [4.78, 5) is 24.8. The molecule has 0 aliphatic heterocycles. The normalized spacial score (nSPS) is 11.2. The van der Waals surface area contributed by atoms with Gasteiger partial charge < -0.3 is 4.90 Å². The van der Waals surface area contributed by atoms with Crippen LogP contribution in [0.3, 0.4) is 0 Å². The van der Waals surface area contributed by atoms with Crippen LogP contribution >= 0.6 is 0 Å². The molecule has 1 heterocycles. The lowest BCUT2D eigenvalue weighted by Gasteiger charge is -2.17. The summed E-state index contributed by atoms with van der Waals surface area (Å²) in [6.07, 6.45) is 2.50. The van der Waals surface area contributed by atoms with Crippen LogP contribution in [0.5, 0.6) is 0 Å². The fraction of sp³-hybridized carbons (Fsp3) is 0.263. The average Bonchev–Trinajstić information content (AvgIpc) is 2.66. The highest BCUT2D eigenvalue weighted by Crippen LogP contribution is 2.12. The largest absolute Gasteiger partial charge is 0.304 e. The monoisotopic (exact) mass is 352 g/mol. The molecule has 0 aliphatic carbocycles. The molecule has 0 spiro atoms. The maximum Gasteiger partial charge on any atom is 0.274 e. The Morgan fingerprint density at radius 1 is 1.12 bits per heavy atom. The molecule has 7 heteroatoms. The topological polar surface area (TPSA) is 81.3 Å². The quantitative estimate of drug-likeness (QED) is 0.482. The van der Waals surface area contributed by atoms with Crippen molar-refractivity contribution in [1.29, 1.82) is 0 Å². The molecule has 3 aromatic rings. The van der Waals surface area contributed by atoms with Crippen LogP contribution in [0.1, 0.15) is 5.56 Å². The molecule has 0 bridgehead atoms. The molecule has 1 aromatic heterocycles. The van der Waals surface area contributed by atoms with Crippen LogP contribution in [0, 0.1) is 10.1 Å². The van der Waals surface area contributed by atoms with Crippen molar-refractivity contribution in [2.75, 3.05) is 20.1 Å². The van der Waals surface area contributed by atoms with Crippen LogP contribution in [0.4, 0.5) is 5.69 Å². The molecule has 0 amide bonds. The highest BCUT2D eigenvalue weighted by atomic mass is 16.6. The number of likely N-dealkylation sites (N-methyl/N-ethyl adjacent to an activating group) is 1. The number of hydrogen-bond acceptors (Lipinski definition) is 5. The van der Waals surface area contributed by atoms with Gasteiger partial charge in [0.15, 0.2) is 0 Å². The van der Waals surface area contributed by atoms with Gasteiger partial charge in [-0.15, -0.1) is 0 Å². The van der Waals surface area contributed by atoms with Crippen LogP contribution in [0.15, 0.2) is 59.5 Å². The number of fused-ring (bicyclic) bond motifs is 1. The van der Waals surface area contributed by atoms with Crippen molar-refractivity contribution >= 4 is 16.5 Å². The maximum atomic E-state index is 12.4. The van der Waals surface area contributed by atoms with E-state index in [2.05, 4.69) is 10.00 Å². The molecule has 134 valence electrons. The van der Waals surface area contributed by atoms with E-state index in [-0.39, 0.29) is 11.2 Å². The number of non-ortho nitro benzene ring substituents is 1. The minimum atomic E-state index is -0.399. The number of nitro groups is 1. The van der Waals surface area contributed by atoms with Crippen LogP contribution in [0.25, 0.3) is 10.8 Å². The number of nitro benzene ring substituents is 1. The zero-order valence-corrected chi connectivity index (χ0v) is 14.5. The molecule has 0 unspecified atom stereocenters. The van der Waals surface area contributed by atoms with Crippen LogP contribution in [-0.2, 0) is 13.0 Å². The second-order valence-electron chi connectivity index (χ2n) is 6.24. The Balaban J connectivity index is 1.55. The van der Waals surface area contributed by atoms with Gasteiger partial charge in [0.05, 0.1) is 23.1 Å². The van der Waals surface area contributed by atoms with E-state index in [9.17, 15) is 14.9 Å². The third-order valence-corrected chi connectivity index (χ3v) is 4.38. The zero-order chi connectivity index (χ0) is 18.5. The van der Waals surface area contributed by atoms with Gasteiger partial charge in [-0.05, 0) is 25.1 Å². The standard InChI is InChI=1S/C19H20N4O3/c1-21(11-10-15-6-8-17(9-7-15)23(25)26)12-13-22-19(24)18-5-3-2-4-16(18)14-20-22/h2-9,14H,10-13H2,1H3. The molecule has 0 saturated carbocycles. The highest BCUT2D eigenvalue weighted by Gasteiger charge is 2.07. The average molecular weight is 352 g/mol. The molecule has 0 radical (unpaired) electrons. The lowest BCUT2D eigenvalue weighted by atomic mass is 10.1. The number of benzene rings is 2. The fourth-order valence-corrected chi connectivity index (χ4v) is 2.77. The summed E-state index contributed by atoms with van der Waals surface area (Å²) in [6, 6.07) is 14.0. The molecule has 0 N–H and O–H groups in total. The van der Waals surface area contributed by atoms with Crippen molar-refractivity contribution in [3.63, 3.8) is 0 Å². The molecule has 2 aromatic carbocycles. The second-order valence-corrected chi connectivity index (χ2v) is 6.24. The Labute approximate surface area is 150 Å². The summed E-state index contributed by atoms with van der Waals surface area (Å²) >= 11 is 0. The first kappa shape index (κ1) is 17.8. The van der Waals surface area contributed by atoms with Gasteiger partial charge >= 0.3 is 0 Å². The van der Waals surface area contributed by atoms with Crippen molar-refractivity contribution in [2.45, 2.75) is 13.0 Å². The Morgan fingerprint density at radius 3 is 2.58 bits per heavy atom. The molecular weight excluding hydrogens is 332 g/mol. The van der Waals surface area contributed by atoms with Gasteiger partial charge in [-0.25, -0.2) is 4.68 Å². The third-order valence-electron chi connectivity index (χ3n) is 4.38. The van der Waals surface area contributed by atoms with Crippen molar-refractivity contribution in [3.05, 3.63) is 80.8 Å². The summed E-state index contributed by atoms with van der Waals surface area (Å²) in [5.74, 6) is 0. The summed E-state index contributed by atoms with van der Waals surface area (Å²) in [6.45, 7) is 2.00. The summed E-state index contributed by atoms with van der Waals surface area (Å²) < 4.78 is 1.49. The first-order chi connectivity index (χ1) is 12.5. The summed E-state index contributed by atoms with van der Waals surface area (Å²) in [5, 5.41) is 16.4. The van der Waals surface area contributed by atoms with Crippen LogP contribution in [-0.4, -0.2) is 39.7 Å². The van der Waals surface area contributed by atoms with E-state index in [1.807, 2.05) is 31.3 Å². The van der Waals surface area contributed by atoms with Crippen LogP contribution < -0.4 is 5.56 Å². The van der Waals surface area contributed by atoms with E-state index in [1.54, 1.807) is 18.3 Å². The smallest absolute Gasteiger partial charge is 0.274 e. The molecule has 7 nitrogen and oxygen atoms in total. The van der Waals surface area contributed by atoms with E-state index in [4.69, 9.17) is 0 Å². The Kier molecular flexibility index (Phi) is 5.38. The molecule has 0 fully saturated rings. The maximum absolute atomic E-state index is 12.4. The zero-order valence-electron chi connectivity index (χ0n) is 14.5. The van der Waals surface area contributed by atoms with Crippen molar-refractivity contribution in [1.82, 2.24) is 14.7 Å². The van der Waals surface area contributed by atoms with E-state index in [1.165, 1.54) is 16.8 Å². The molecular formula is C19H20N4O3. The number of hydrogen-bond donors (Lipinski definition) is 0. The van der Waals surface area contributed by atoms with E-state index < -0.39 is 4.92 Å². The van der Waals surface area contributed by atoms with Crippen molar-refractivity contribution in [3.8, 4) is 0 Å². The minimum Gasteiger partial charge on any atom is -0.304 e. The lowest BCUT2D eigenvalue weighted by Crippen LogP contribution is -2.31. The van der Waals surface area contributed by atoms with Gasteiger partial charge in [-0.3, -0.25) is 14.9 Å². The minimum absolute atomic E-state index is 0.0770. The predicted octanol–water partition coefficient (Wildman–Crippen LogP) is 2.48. The highest BCUT2D eigenvalue weighted by molar-refractivity contribution is 5.80. The molecule has 26 heavy (non-hydrogen) atoms. The second kappa shape index (κ2) is 7.88. The Bertz CT molecular complexity index is 966. The molecule has 0 aliphatic rings. The summed E-state index contributed by atoms with van der Waals surface area (Å²) in [7, 11) is 1.98. The Hall–Kier alpha value is -3.06. The van der Waals surface area contributed by atoms with Gasteiger partial charge in [-0.1, -0.05) is 30.3 Å². The number of aromatic nitrogens is 2. The van der Waals surface area contributed by atoms with Gasteiger partial charge in [0.2, 0.25) is 0 Å². The lowest BCUT2D eigenvalue weighted by molar-refractivity contribution is -0.384. The van der Waals surface area contributed by atoms with Crippen LogP contribution in [0.2, 0.25) is 0 Å². The first-order valence-electron chi connectivity index (χ1n) is 8.41. The number of rotatable bonds is 7. The fourth-order valence-electron chi connectivity index (χ4n) is 2.77. The van der Waals surface area contributed by atoms with Gasteiger partial charge in [0.1, 0.15) is 0 Å². The van der Waals surface area contributed by atoms with E-state index in [0.717, 1.165) is 23.9 Å². The van der Waals surface area contributed by atoms with E-state index >= 15 is 0 Å². The SMILES string of the molecule is CN(CCc1ccc([N+](=O)[O-])cc1)CCn1ncc2ccccc2c1=O. The molecule has 0 atom stereocenters. The van der Waals surface area contributed by atoms with E-state index in [0.29, 0.717) is 18.5 Å². The number of nitrogens with zero attached hydrogens (tertiary/aromatic N) is 4. The van der Waals surface area contributed by atoms with Crippen molar-refractivity contribution in [2.24, 2.45) is 0 Å². The third kappa shape index (κ3) is 4.12. The van der Waals surface area contributed by atoms with Gasteiger partial charge in [-0.2, -0.15) is 5.10 Å². The van der Waals surface area contributed by atoms with Gasteiger partial charge in [0, 0.05) is 30.6 Å². The van der Waals surface area contributed by atoms with Gasteiger partial charge in [0.25, 0.3) is 11.2 Å². The predicted molar refractivity (Wildman–Crippen MR) is 100 cm³/mol. The first-order valence-corrected chi connectivity index (χ1v) is 8.41. The molecule has 3 rings (SSSR count). The summed E-state index contributed by atoms with van der Waals surface area (Å²) in [5.41, 5.74) is 1.07. The molecule has 0 saturated heterocycles. The van der Waals surface area contributed by atoms with Crippen molar-refractivity contribution < 1.29 is 4.92 Å². The Morgan fingerprint density at radius 2 is 1.85 bits per heavy atom.